The number of esters is 1. The molecule has 0 bridgehead atoms. The van der Waals surface area contributed by atoms with Crippen LogP contribution in [0.15, 0.2) is 61.1 Å². The number of carbonyl (C=O) groups excluding carboxylic acids is 3. The molecule has 0 saturated carbocycles. The van der Waals surface area contributed by atoms with Gasteiger partial charge in [-0.1, -0.05) is 30.3 Å². The maximum Gasteiger partial charge on any atom is 0.342 e. The second kappa shape index (κ2) is 8.78. The predicted octanol–water partition coefficient (Wildman–Crippen LogP) is 2.09. The van der Waals surface area contributed by atoms with E-state index >= 15 is 0 Å². The summed E-state index contributed by atoms with van der Waals surface area (Å²) in [6.45, 7) is 2.53. The van der Waals surface area contributed by atoms with Crippen molar-refractivity contribution in [3.05, 3.63) is 72.2 Å². The lowest BCUT2D eigenvalue weighted by atomic mass is 10.1. The minimum atomic E-state index is -1.12. The van der Waals surface area contributed by atoms with Crippen molar-refractivity contribution in [3.63, 3.8) is 0 Å². The van der Waals surface area contributed by atoms with Crippen LogP contribution in [0.5, 0.6) is 0 Å². The minimum absolute atomic E-state index is 0.217. The maximum atomic E-state index is 12.9. The van der Waals surface area contributed by atoms with E-state index in [9.17, 15) is 14.4 Å². The van der Waals surface area contributed by atoms with E-state index in [2.05, 4.69) is 15.4 Å². The number of nitrogens with one attached hydrogen (secondary N) is 1. The van der Waals surface area contributed by atoms with Gasteiger partial charge in [-0.05, 0) is 24.6 Å². The summed E-state index contributed by atoms with van der Waals surface area (Å²) in [6, 6.07) is 12.8. The van der Waals surface area contributed by atoms with E-state index in [1.165, 1.54) is 6.92 Å². The molecule has 1 fully saturated rings. The van der Waals surface area contributed by atoms with Crippen molar-refractivity contribution in [2.45, 2.75) is 19.6 Å². The number of urea groups is 1. The van der Waals surface area contributed by atoms with Gasteiger partial charge < -0.3 is 10.1 Å². The molecule has 0 unspecified atom stereocenters. The number of pyridine rings is 1. The highest BCUT2D eigenvalue weighted by molar-refractivity contribution is 6.01. The monoisotopic (exact) mass is 419 g/mol. The molecular formula is C22H21N5O4. The van der Waals surface area contributed by atoms with Gasteiger partial charge in [0.2, 0.25) is 0 Å². The molecule has 1 aliphatic rings. The van der Waals surface area contributed by atoms with Crippen LogP contribution in [-0.2, 0) is 16.1 Å². The first-order chi connectivity index (χ1) is 15.0. The van der Waals surface area contributed by atoms with Crippen molar-refractivity contribution in [2.75, 3.05) is 13.1 Å². The minimum Gasteiger partial charge on any atom is -0.449 e. The summed E-state index contributed by atoms with van der Waals surface area (Å²) in [4.78, 5) is 42.3. The Hall–Kier alpha value is -4.01. The molecule has 3 amide bonds. The zero-order chi connectivity index (χ0) is 21.8. The van der Waals surface area contributed by atoms with Gasteiger partial charge in [0.05, 0.1) is 6.54 Å². The van der Waals surface area contributed by atoms with Gasteiger partial charge in [0.1, 0.15) is 11.3 Å². The fraction of sp³-hybridized carbons (Fsp3) is 0.227. The Morgan fingerprint density at radius 3 is 2.68 bits per heavy atom. The SMILES string of the molecule is C[C@H](OC(=O)c1cn(Cc2ccccc2)nc1-c1cccnc1)C(=O)N1CCNC1=O. The molecule has 4 rings (SSSR count). The van der Waals surface area contributed by atoms with E-state index in [0.717, 1.165) is 10.5 Å². The molecule has 1 N–H and O–H groups in total. The summed E-state index contributed by atoms with van der Waals surface area (Å²) in [7, 11) is 0. The molecule has 0 spiro atoms. The van der Waals surface area contributed by atoms with Crippen molar-refractivity contribution >= 4 is 17.9 Å². The Kier molecular flexibility index (Phi) is 5.74. The number of hydrogen-bond donors (Lipinski definition) is 1. The van der Waals surface area contributed by atoms with E-state index in [0.29, 0.717) is 24.3 Å². The molecule has 1 atom stereocenters. The molecular weight excluding hydrogens is 398 g/mol. The number of aromatic nitrogens is 3. The lowest BCUT2D eigenvalue weighted by molar-refractivity contribution is -0.136. The van der Waals surface area contributed by atoms with Gasteiger partial charge in [-0.2, -0.15) is 5.10 Å². The average molecular weight is 419 g/mol. The van der Waals surface area contributed by atoms with E-state index in [4.69, 9.17) is 4.74 Å². The van der Waals surface area contributed by atoms with Gasteiger partial charge in [-0.25, -0.2) is 9.59 Å². The van der Waals surface area contributed by atoms with E-state index in [1.54, 1.807) is 35.4 Å². The predicted molar refractivity (Wildman–Crippen MR) is 111 cm³/mol. The second-order valence-electron chi connectivity index (χ2n) is 7.09. The largest absolute Gasteiger partial charge is 0.449 e. The van der Waals surface area contributed by atoms with Crippen LogP contribution in [0.4, 0.5) is 4.79 Å². The van der Waals surface area contributed by atoms with Crippen LogP contribution < -0.4 is 5.32 Å². The van der Waals surface area contributed by atoms with Crippen LogP contribution in [0, 0.1) is 0 Å². The highest BCUT2D eigenvalue weighted by Gasteiger charge is 2.32. The Balaban J connectivity index is 1.58. The molecule has 1 saturated heterocycles. The van der Waals surface area contributed by atoms with Crippen LogP contribution in [0.1, 0.15) is 22.8 Å². The Bertz CT molecular complexity index is 1100. The molecule has 3 aromatic rings. The first-order valence-electron chi connectivity index (χ1n) is 9.85. The summed E-state index contributed by atoms with van der Waals surface area (Å²) in [5.41, 5.74) is 2.30. The van der Waals surface area contributed by atoms with Crippen molar-refractivity contribution in [1.82, 2.24) is 25.0 Å². The molecule has 1 aromatic carbocycles. The van der Waals surface area contributed by atoms with Crippen molar-refractivity contribution in [2.24, 2.45) is 0 Å². The zero-order valence-electron chi connectivity index (χ0n) is 16.9. The molecule has 3 heterocycles. The Morgan fingerprint density at radius 1 is 1.19 bits per heavy atom. The second-order valence-corrected chi connectivity index (χ2v) is 7.09. The van der Waals surface area contributed by atoms with Crippen molar-refractivity contribution in [1.29, 1.82) is 0 Å². The van der Waals surface area contributed by atoms with Crippen molar-refractivity contribution < 1.29 is 19.1 Å². The lowest BCUT2D eigenvalue weighted by Gasteiger charge is -2.18. The molecule has 9 nitrogen and oxygen atoms in total. The first kappa shape index (κ1) is 20.3. The molecule has 1 aliphatic heterocycles. The summed E-state index contributed by atoms with van der Waals surface area (Å²) in [6.07, 6.45) is 3.71. The average Bonchev–Trinajstić information content (AvgIpc) is 3.41. The van der Waals surface area contributed by atoms with Gasteiger partial charge in [0.15, 0.2) is 6.10 Å². The van der Waals surface area contributed by atoms with Crippen LogP contribution in [0.25, 0.3) is 11.3 Å². The third-order valence-corrected chi connectivity index (χ3v) is 4.86. The van der Waals surface area contributed by atoms with Gasteiger partial charge >= 0.3 is 12.0 Å². The van der Waals surface area contributed by atoms with Crippen LogP contribution in [-0.4, -0.2) is 56.8 Å². The number of nitrogens with zero attached hydrogens (tertiary/aromatic N) is 4. The number of carbonyl (C=O) groups is 3. The van der Waals surface area contributed by atoms with Gasteiger partial charge in [-0.3, -0.25) is 19.4 Å². The fourth-order valence-electron chi connectivity index (χ4n) is 3.31. The number of rotatable bonds is 6. The normalized spacial score (nSPS) is 14.2. The molecule has 2 aromatic heterocycles. The molecule has 0 radical (unpaired) electrons. The third-order valence-electron chi connectivity index (χ3n) is 4.86. The quantitative estimate of drug-likeness (QED) is 0.613. The fourth-order valence-corrected chi connectivity index (χ4v) is 3.31. The Morgan fingerprint density at radius 2 is 2.00 bits per heavy atom. The number of imide groups is 1. The smallest absolute Gasteiger partial charge is 0.342 e. The summed E-state index contributed by atoms with van der Waals surface area (Å²) in [5, 5.41) is 7.11. The number of benzene rings is 1. The van der Waals surface area contributed by atoms with Crippen molar-refractivity contribution in [3.8, 4) is 11.3 Å². The zero-order valence-corrected chi connectivity index (χ0v) is 16.9. The van der Waals surface area contributed by atoms with Crippen LogP contribution >= 0.6 is 0 Å². The van der Waals surface area contributed by atoms with Crippen LogP contribution in [0.3, 0.4) is 0 Å². The van der Waals surface area contributed by atoms with E-state index < -0.39 is 24.0 Å². The lowest BCUT2D eigenvalue weighted by Crippen LogP contribution is -2.41. The number of ether oxygens (including phenoxy) is 1. The molecule has 31 heavy (non-hydrogen) atoms. The van der Waals surface area contributed by atoms with Gasteiger partial charge in [0, 0.05) is 37.2 Å². The van der Waals surface area contributed by atoms with Gasteiger partial charge in [-0.15, -0.1) is 0 Å². The number of hydrogen-bond acceptors (Lipinski definition) is 6. The summed E-state index contributed by atoms with van der Waals surface area (Å²) < 4.78 is 7.05. The maximum absolute atomic E-state index is 12.9. The first-order valence-corrected chi connectivity index (χ1v) is 9.85. The standard InChI is InChI=1S/C22H21N5O4/c1-15(20(28)27-11-10-24-22(27)30)31-21(29)18-14-26(13-16-6-3-2-4-7-16)25-19(18)17-8-5-9-23-12-17/h2-9,12,14-15H,10-11,13H2,1H3,(H,24,30)/t15-/m0/s1. The summed E-state index contributed by atoms with van der Waals surface area (Å²) in [5.74, 6) is -1.26. The van der Waals surface area contributed by atoms with Crippen LogP contribution in [0.2, 0.25) is 0 Å². The van der Waals surface area contributed by atoms with E-state index in [-0.39, 0.29) is 12.1 Å². The third kappa shape index (κ3) is 4.45. The topological polar surface area (TPSA) is 106 Å². The molecule has 158 valence electrons. The number of amides is 3. The summed E-state index contributed by atoms with van der Waals surface area (Å²) >= 11 is 0. The highest BCUT2D eigenvalue weighted by Crippen LogP contribution is 2.23. The highest BCUT2D eigenvalue weighted by atomic mass is 16.5. The molecule has 9 heteroatoms. The molecule has 0 aliphatic carbocycles. The Labute approximate surface area is 178 Å². The van der Waals surface area contributed by atoms with E-state index in [1.807, 2.05) is 30.3 Å². The van der Waals surface area contributed by atoms with Gasteiger partial charge in [0.25, 0.3) is 5.91 Å².